The first kappa shape index (κ1) is 16.4. The molecule has 0 unspecified atom stereocenters. The number of ether oxygens (including phenoxy) is 1. The van der Waals surface area contributed by atoms with E-state index < -0.39 is 6.61 Å². The Balaban J connectivity index is 1.77. The summed E-state index contributed by atoms with van der Waals surface area (Å²) in [5.41, 5.74) is 1.62. The molecule has 2 aromatic heterocycles. The Hall–Kier alpha value is -2.46. The van der Waals surface area contributed by atoms with E-state index in [1.807, 2.05) is 6.92 Å². The fourth-order valence-corrected chi connectivity index (χ4v) is 3.20. The van der Waals surface area contributed by atoms with Crippen molar-refractivity contribution < 1.29 is 18.3 Å². The van der Waals surface area contributed by atoms with Gasteiger partial charge in [-0.05, 0) is 42.7 Å². The molecule has 1 N–H and O–H groups in total. The first-order valence-electron chi connectivity index (χ1n) is 6.64. The molecule has 0 radical (unpaired) electrons. The quantitative estimate of drug-likeness (QED) is 0.741. The van der Waals surface area contributed by atoms with E-state index >= 15 is 0 Å². The average Bonchev–Trinajstić information content (AvgIpc) is 3.17. The fourth-order valence-electron chi connectivity index (χ4n) is 1.94. The molecule has 24 heavy (non-hydrogen) atoms. The van der Waals surface area contributed by atoms with Crippen LogP contribution in [0.15, 0.2) is 29.6 Å². The van der Waals surface area contributed by atoms with Crippen molar-refractivity contribution in [3.05, 3.63) is 40.2 Å². The van der Waals surface area contributed by atoms with Crippen molar-refractivity contribution in [3.63, 3.8) is 0 Å². The molecule has 0 bridgehead atoms. The summed E-state index contributed by atoms with van der Waals surface area (Å²) >= 11 is 2.40. The van der Waals surface area contributed by atoms with Gasteiger partial charge in [-0.25, -0.2) is 4.98 Å². The molecular weight excluding hydrogens is 358 g/mol. The molecule has 0 saturated heterocycles. The SMILES string of the molecule is Cc1sc(NC(=O)c2csnn2)nc1-c1ccc(OC(F)F)cc1. The number of carbonyl (C=O) groups is 1. The first-order valence-corrected chi connectivity index (χ1v) is 8.29. The average molecular weight is 368 g/mol. The van der Waals surface area contributed by atoms with Gasteiger partial charge in [0.15, 0.2) is 10.8 Å². The summed E-state index contributed by atoms with van der Waals surface area (Å²) in [5.74, 6) is -0.309. The number of nitrogens with zero attached hydrogens (tertiary/aromatic N) is 3. The van der Waals surface area contributed by atoms with Crippen LogP contribution in [0.5, 0.6) is 5.75 Å². The minimum Gasteiger partial charge on any atom is -0.435 e. The van der Waals surface area contributed by atoms with Crippen molar-refractivity contribution in [1.82, 2.24) is 14.6 Å². The molecule has 3 aromatic rings. The molecule has 2 heterocycles. The van der Waals surface area contributed by atoms with E-state index in [9.17, 15) is 13.6 Å². The first-order chi connectivity index (χ1) is 11.5. The van der Waals surface area contributed by atoms with Crippen LogP contribution in [0, 0.1) is 6.92 Å². The third-order valence-electron chi connectivity index (χ3n) is 2.96. The molecule has 0 aliphatic heterocycles. The molecule has 6 nitrogen and oxygen atoms in total. The maximum absolute atomic E-state index is 12.2. The summed E-state index contributed by atoms with van der Waals surface area (Å²) in [7, 11) is 0. The molecule has 124 valence electrons. The molecule has 0 aliphatic carbocycles. The van der Waals surface area contributed by atoms with Crippen molar-refractivity contribution in [2.45, 2.75) is 13.5 Å². The predicted octanol–water partition coefficient (Wildman–Crippen LogP) is 3.82. The molecular formula is C14H10F2N4O2S2. The summed E-state index contributed by atoms with van der Waals surface area (Å²) in [6.45, 7) is -1.00. The van der Waals surface area contributed by atoms with Crippen LogP contribution in [0.3, 0.4) is 0 Å². The highest BCUT2D eigenvalue weighted by Crippen LogP contribution is 2.31. The van der Waals surface area contributed by atoms with Gasteiger partial charge in [-0.3, -0.25) is 10.1 Å². The third kappa shape index (κ3) is 3.71. The van der Waals surface area contributed by atoms with Gasteiger partial charge >= 0.3 is 6.61 Å². The monoisotopic (exact) mass is 368 g/mol. The molecule has 3 rings (SSSR count). The van der Waals surface area contributed by atoms with Gasteiger partial charge in [-0.15, -0.1) is 16.4 Å². The molecule has 0 aliphatic rings. The van der Waals surface area contributed by atoms with E-state index in [2.05, 4.69) is 24.6 Å². The van der Waals surface area contributed by atoms with Crippen LogP contribution in [0.2, 0.25) is 0 Å². The predicted molar refractivity (Wildman–Crippen MR) is 86.8 cm³/mol. The van der Waals surface area contributed by atoms with Gasteiger partial charge in [0.25, 0.3) is 5.91 Å². The molecule has 0 atom stereocenters. The lowest BCUT2D eigenvalue weighted by atomic mass is 10.1. The van der Waals surface area contributed by atoms with Crippen LogP contribution >= 0.6 is 22.9 Å². The number of rotatable bonds is 5. The number of nitrogens with one attached hydrogen (secondary N) is 1. The highest BCUT2D eigenvalue weighted by molar-refractivity contribution is 7.16. The zero-order chi connectivity index (χ0) is 17.1. The minimum absolute atomic E-state index is 0.0752. The number of amides is 1. The number of carbonyl (C=O) groups excluding carboxylic acids is 1. The van der Waals surface area contributed by atoms with Crippen molar-refractivity contribution >= 4 is 33.9 Å². The minimum atomic E-state index is -2.86. The van der Waals surface area contributed by atoms with E-state index in [0.717, 1.165) is 22.0 Å². The second-order valence-electron chi connectivity index (χ2n) is 4.57. The zero-order valence-corrected chi connectivity index (χ0v) is 13.8. The Bertz CT molecular complexity index is 835. The Morgan fingerprint density at radius 3 is 2.67 bits per heavy atom. The number of thiazole rings is 1. The second kappa shape index (κ2) is 6.97. The highest BCUT2D eigenvalue weighted by Gasteiger charge is 2.15. The number of benzene rings is 1. The number of hydrogen-bond acceptors (Lipinski definition) is 7. The molecule has 0 saturated carbocycles. The van der Waals surface area contributed by atoms with E-state index in [4.69, 9.17) is 0 Å². The summed E-state index contributed by atoms with van der Waals surface area (Å²) in [4.78, 5) is 17.2. The van der Waals surface area contributed by atoms with Crippen molar-refractivity contribution in [1.29, 1.82) is 0 Å². The molecule has 1 aromatic carbocycles. The summed E-state index contributed by atoms with van der Waals surface area (Å²) in [6, 6.07) is 6.16. The van der Waals surface area contributed by atoms with Gasteiger partial charge < -0.3 is 4.74 Å². The summed E-state index contributed by atoms with van der Waals surface area (Å²) in [5, 5.41) is 8.32. The van der Waals surface area contributed by atoms with Gasteiger partial charge in [0.2, 0.25) is 0 Å². The van der Waals surface area contributed by atoms with E-state index in [1.165, 1.54) is 23.5 Å². The Kier molecular flexibility index (Phi) is 4.76. The zero-order valence-electron chi connectivity index (χ0n) is 12.2. The van der Waals surface area contributed by atoms with Crippen LogP contribution in [0.4, 0.5) is 13.9 Å². The van der Waals surface area contributed by atoms with Gasteiger partial charge in [-0.2, -0.15) is 8.78 Å². The van der Waals surface area contributed by atoms with Crippen LogP contribution in [-0.4, -0.2) is 27.1 Å². The number of aromatic nitrogens is 3. The largest absolute Gasteiger partial charge is 0.435 e. The standard InChI is InChI=1S/C14H10F2N4O2S2/c1-7-11(8-2-4-9(5-3-8)22-13(15)16)17-14(24-7)18-12(21)10-6-23-20-19-10/h2-6,13H,1H3,(H,17,18,21). The lowest BCUT2D eigenvalue weighted by Gasteiger charge is -2.05. The normalized spacial score (nSPS) is 10.8. The molecule has 0 spiro atoms. The van der Waals surface area contributed by atoms with Gasteiger partial charge in [0.1, 0.15) is 5.75 Å². The Morgan fingerprint density at radius 2 is 2.04 bits per heavy atom. The van der Waals surface area contributed by atoms with Crippen LogP contribution < -0.4 is 10.1 Å². The molecule has 10 heteroatoms. The van der Waals surface area contributed by atoms with Crippen molar-refractivity contribution in [3.8, 4) is 17.0 Å². The number of halogens is 2. The van der Waals surface area contributed by atoms with Gasteiger partial charge in [0, 0.05) is 15.8 Å². The number of anilines is 1. The van der Waals surface area contributed by atoms with E-state index in [0.29, 0.717) is 10.8 Å². The van der Waals surface area contributed by atoms with Crippen molar-refractivity contribution in [2.24, 2.45) is 0 Å². The van der Waals surface area contributed by atoms with E-state index in [1.54, 1.807) is 17.5 Å². The Labute approximate surface area is 143 Å². The van der Waals surface area contributed by atoms with Gasteiger partial charge in [0.05, 0.1) is 5.69 Å². The maximum atomic E-state index is 12.2. The Morgan fingerprint density at radius 1 is 1.29 bits per heavy atom. The third-order valence-corrected chi connectivity index (χ3v) is 4.35. The molecule has 1 amide bonds. The topological polar surface area (TPSA) is 77.0 Å². The fraction of sp³-hybridized carbons (Fsp3) is 0.143. The smallest absolute Gasteiger partial charge is 0.387 e. The highest BCUT2D eigenvalue weighted by atomic mass is 32.1. The summed E-state index contributed by atoms with van der Waals surface area (Å²) < 4.78 is 32.3. The molecule has 0 fully saturated rings. The van der Waals surface area contributed by atoms with Gasteiger partial charge in [-0.1, -0.05) is 4.49 Å². The number of alkyl halides is 2. The van der Waals surface area contributed by atoms with E-state index in [-0.39, 0.29) is 17.4 Å². The second-order valence-corrected chi connectivity index (χ2v) is 6.38. The number of aryl methyl sites for hydroxylation is 1. The maximum Gasteiger partial charge on any atom is 0.387 e. The summed E-state index contributed by atoms with van der Waals surface area (Å²) in [6.07, 6.45) is 0. The lowest BCUT2D eigenvalue weighted by Crippen LogP contribution is -2.12. The lowest BCUT2D eigenvalue weighted by molar-refractivity contribution is -0.0498. The van der Waals surface area contributed by atoms with Crippen molar-refractivity contribution in [2.75, 3.05) is 5.32 Å². The number of hydrogen-bond donors (Lipinski definition) is 1. The van der Waals surface area contributed by atoms with Crippen LogP contribution in [0.25, 0.3) is 11.3 Å². The van der Waals surface area contributed by atoms with Crippen LogP contribution in [-0.2, 0) is 0 Å². The van der Waals surface area contributed by atoms with Crippen LogP contribution in [0.1, 0.15) is 15.4 Å².